The molecule has 0 bridgehead atoms. The first kappa shape index (κ1) is 14.8. The molecule has 0 radical (unpaired) electrons. The second-order valence-corrected chi connectivity index (χ2v) is 4.98. The quantitative estimate of drug-likeness (QED) is 0.621. The number of oxazole rings is 1. The van der Waals surface area contributed by atoms with Crippen LogP contribution in [0.25, 0.3) is 11.1 Å². The number of hydrogen-bond donors (Lipinski definition) is 2. The highest BCUT2D eigenvalue weighted by Crippen LogP contribution is 2.23. The van der Waals surface area contributed by atoms with E-state index in [9.17, 15) is 14.9 Å². The van der Waals surface area contributed by atoms with E-state index in [0.29, 0.717) is 23.6 Å². The molecule has 1 aromatic carbocycles. The van der Waals surface area contributed by atoms with E-state index in [2.05, 4.69) is 15.6 Å². The van der Waals surface area contributed by atoms with Crippen molar-refractivity contribution in [1.29, 1.82) is 0 Å². The lowest BCUT2D eigenvalue weighted by Gasteiger charge is -2.07. The highest BCUT2D eigenvalue weighted by molar-refractivity contribution is 5.81. The zero-order valence-electron chi connectivity index (χ0n) is 11.8. The normalized spacial score (nSPS) is 10.8. The predicted octanol–water partition coefficient (Wildman–Crippen LogP) is 1.92. The number of carbonyl (C=O) groups excluding carboxylic acids is 1. The minimum Gasteiger partial charge on any atom is -0.423 e. The zero-order valence-corrected chi connectivity index (χ0v) is 11.8. The maximum atomic E-state index is 11.5. The number of nitrogens with one attached hydrogen (secondary N) is 2. The molecule has 1 aromatic heterocycles. The van der Waals surface area contributed by atoms with Gasteiger partial charge in [0.25, 0.3) is 11.7 Å². The number of carbonyl (C=O) groups is 1. The Hall–Kier alpha value is -2.64. The molecule has 2 N–H and O–H groups in total. The summed E-state index contributed by atoms with van der Waals surface area (Å²) in [7, 11) is 0. The largest absolute Gasteiger partial charge is 0.423 e. The molecule has 2 rings (SSSR count). The number of nitro groups is 1. The van der Waals surface area contributed by atoms with E-state index in [1.54, 1.807) is 0 Å². The van der Waals surface area contributed by atoms with Gasteiger partial charge in [-0.05, 0) is 12.0 Å². The molecule has 1 heterocycles. The van der Waals surface area contributed by atoms with Gasteiger partial charge in [0.1, 0.15) is 5.52 Å². The summed E-state index contributed by atoms with van der Waals surface area (Å²) in [6.45, 7) is 4.63. The highest BCUT2D eigenvalue weighted by Gasteiger charge is 2.12. The molecule has 112 valence electrons. The first-order valence-electron chi connectivity index (χ1n) is 6.51. The first-order valence-corrected chi connectivity index (χ1v) is 6.51. The number of aromatic nitrogens is 1. The van der Waals surface area contributed by atoms with Gasteiger partial charge in [-0.1, -0.05) is 13.8 Å². The molecule has 0 fully saturated rings. The summed E-state index contributed by atoms with van der Waals surface area (Å²) in [5, 5.41) is 16.2. The van der Waals surface area contributed by atoms with Gasteiger partial charge in [-0.2, -0.15) is 4.98 Å². The van der Waals surface area contributed by atoms with Crippen LogP contribution in [0.4, 0.5) is 11.7 Å². The van der Waals surface area contributed by atoms with E-state index in [1.807, 2.05) is 13.8 Å². The van der Waals surface area contributed by atoms with Crippen molar-refractivity contribution in [1.82, 2.24) is 10.3 Å². The van der Waals surface area contributed by atoms with Gasteiger partial charge < -0.3 is 15.1 Å². The maximum Gasteiger partial charge on any atom is 0.296 e. The van der Waals surface area contributed by atoms with Gasteiger partial charge in [0.05, 0.1) is 17.5 Å². The maximum absolute atomic E-state index is 11.5. The van der Waals surface area contributed by atoms with Crippen LogP contribution in [-0.4, -0.2) is 28.9 Å². The number of benzene rings is 1. The predicted molar refractivity (Wildman–Crippen MR) is 77.0 cm³/mol. The third-order valence-electron chi connectivity index (χ3n) is 2.69. The van der Waals surface area contributed by atoms with E-state index in [-0.39, 0.29) is 24.2 Å². The molecule has 0 saturated heterocycles. The number of fused-ring (bicyclic) bond motifs is 1. The minimum absolute atomic E-state index is 0.0294. The summed E-state index contributed by atoms with van der Waals surface area (Å²) >= 11 is 0. The average Bonchev–Trinajstić information content (AvgIpc) is 2.84. The molecule has 1 amide bonds. The van der Waals surface area contributed by atoms with Crippen LogP contribution >= 0.6 is 0 Å². The lowest BCUT2D eigenvalue weighted by molar-refractivity contribution is -0.384. The third kappa shape index (κ3) is 3.91. The van der Waals surface area contributed by atoms with E-state index in [4.69, 9.17) is 4.42 Å². The lowest BCUT2D eigenvalue weighted by atomic mass is 10.2. The first-order chi connectivity index (χ1) is 9.95. The summed E-state index contributed by atoms with van der Waals surface area (Å²) in [4.78, 5) is 25.8. The number of anilines is 1. The van der Waals surface area contributed by atoms with Crippen molar-refractivity contribution < 1.29 is 14.1 Å². The van der Waals surface area contributed by atoms with Crippen LogP contribution < -0.4 is 10.6 Å². The summed E-state index contributed by atoms with van der Waals surface area (Å²) in [6.07, 6.45) is 0. The Labute approximate surface area is 120 Å². The fraction of sp³-hybridized carbons (Fsp3) is 0.385. The van der Waals surface area contributed by atoms with Gasteiger partial charge in [-0.25, -0.2) is 0 Å². The van der Waals surface area contributed by atoms with Crippen molar-refractivity contribution in [2.24, 2.45) is 5.92 Å². The molecule has 8 heteroatoms. The molecule has 0 unspecified atom stereocenters. The summed E-state index contributed by atoms with van der Waals surface area (Å²) in [6, 6.07) is 4.31. The van der Waals surface area contributed by atoms with Gasteiger partial charge in [-0.15, -0.1) is 0 Å². The Morgan fingerprint density at radius 1 is 1.48 bits per heavy atom. The Balaban J connectivity index is 1.99. The second kappa shape index (κ2) is 6.21. The van der Waals surface area contributed by atoms with Crippen LogP contribution in [-0.2, 0) is 4.79 Å². The molecule has 0 aliphatic heterocycles. The summed E-state index contributed by atoms with van der Waals surface area (Å²) in [5.41, 5.74) is 0.722. The molecule has 8 nitrogen and oxygen atoms in total. The van der Waals surface area contributed by atoms with Crippen LogP contribution in [0.15, 0.2) is 22.6 Å². The molecule has 0 atom stereocenters. The van der Waals surface area contributed by atoms with Gasteiger partial charge in [0.15, 0.2) is 5.58 Å². The number of amides is 1. The average molecular weight is 292 g/mol. The zero-order chi connectivity index (χ0) is 15.4. The fourth-order valence-electron chi connectivity index (χ4n) is 1.64. The van der Waals surface area contributed by atoms with E-state index < -0.39 is 4.92 Å². The van der Waals surface area contributed by atoms with Crippen LogP contribution in [0.2, 0.25) is 0 Å². The van der Waals surface area contributed by atoms with Crippen LogP contribution in [0, 0.1) is 16.0 Å². The number of non-ortho nitro benzene ring substituents is 1. The van der Waals surface area contributed by atoms with E-state index >= 15 is 0 Å². The van der Waals surface area contributed by atoms with Crippen molar-refractivity contribution in [3.63, 3.8) is 0 Å². The Bertz CT molecular complexity index is 665. The molecule has 0 spiro atoms. The second-order valence-electron chi connectivity index (χ2n) is 4.98. The van der Waals surface area contributed by atoms with Gasteiger partial charge in [0.2, 0.25) is 5.91 Å². The summed E-state index contributed by atoms with van der Waals surface area (Å²) < 4.78 is 5.33. The number of rotatable bonds is 6. The SMILES string of the molecule is CC(C)CNC(=O)CNc1nc2ccc([N+](=O)[O-])cc2o1. The van der Waals surface area contributed by atoms with Crippen molar-refractivity contribution in [2.75, 3.05) is 18.4 Å². The Morgan fingerprint density at radius 2 is 2.24 bits per heavy atom. The van der Waals surface area contributed by atoms with E-state index in [0.717, 1.165) is 0 Å². The lowest BCUT2D eigenvalue weighted by Crippen LogP contribution is -2.32. The van der Waals surface area contributed by atoms with Crippen molar-refractivity contribution in [2.45, 2.75) is 13.8 Å². The molecule has 0 saturated carbocycles. The smallest absolute Gasteiger partial charge is 0.296 e. The molecule has 21 heavy (non-hydrogen) atoms. The molecule has 0 aliphatic carbocycles. The standard InChI is InChI=1S/C13H16N4O4/c1-8(2)6-14-12(18)7-15-13-16-10-4-3-9(17(19)20)5-11(10)21-13/h3-5,8H,6-7H2,1-2H3,(H,14,18)(H,15,16). The highest BCUT2D eigenvalue weighted by atomic mass is 16.6. The van der Waals surface area contributed by atoms with Gasteiger partial charge in [0, 0.05) is 12.6 Å². The van der Waals surface area contributed by atoms with Crippen molar-refractivity contribution in [3.8, 4) is 0 Å². The fourth-order valence-corrected chi connectivity index (χ4v) is 1.64. The third-order valence-corrected chi connectivity index (χ3v) is 2.69. The van der Waals surface area contributed by atoms with Crippen LogP contribution in [0.3, 0.4) is 0 Å². The van der Waals surface area contributed by atoms with Gasteiger partial charge in [-0.3, -0.25) is 14.9 Å². The number of nitro benzene ring substituents is 1. The van der Waals surface area contributed by atoms with Crippen LogP contribution in [0.1, 0.15) is 13.8 Å². The van der Waals surface area contributed by atoms with Crippen molar-refractivity contribution in [3.05, 3.63) is 28.3 Å². The summed E-state index contributed by atoms with van der Waals surface area (Å²) in [5.74, 6) is 0.204. The number of nitrogens with zero attached hydrogens (tertiary/aromatic N) is 2. The van der Waals surface area contributed by atoms with Gasteiger partial charge >= 0.3 is 0 Å². The molecular weight excluding hydrogens is 276 g/mol. The number of hydrogen-bond acceptors (Lipinski definition) is 6. The Morgan fingerprint density at radius 3 is 2.90 bits per heavy atom. The topological polar surface area (TPSA) is 110 Å². The molecular formula is C13H16N4O4. The molecule has 2 aromatic rings. The monoisotopic (exact) mass is 292 g/mol. The van der Waals surface area contributed by atoms with Crippen LogP contribution in [0.5, 0.6) is 0 Å². The molecule has 0 aliphatic rings. The minimum atomic E-state index is -0.506. The van der Waals surface area contributed by atoms with Crippen molar-refractivity contribution >= 4 is 28.7 Å². The Kier molecular flexibility index (Phi) is 4.36. The van der Waals surface area contributed by atoms with E-state index in [1.165, 1.54) is 18.2 Å².